The van der Waals surface area contributed by atoms with E-state index >= 15 is 0 Å². The Hall–Kier alpha value is -3.45. The van der Waals surface area contributed by atoms with Gasteiger partial charge in [-0.15, -0.1) is 0 Å². The number of alkyl halides is 3. The van der Waals surface area contributed by atoms with Crippen LogP contribution in [0.1, 0.15) is 27.9 Å². The number of likely N-dealkylation sites (tertiary alicyclic amines) is 1. The second-order valence-electron chi connectivity index (χ2n) is 8.98. The minimum Gasteiger partial charge on any atom is -0.493 e. The first-order valence-electron chi connectivity index (χ1n) is 11.1. The molecule has 7 nitrogen and oxygen atoms in total. The van der Waals surface area contributed by atoms with Crippen molar-refractivity contribution in [3.05, 3.63) is 53.1 Å². The minimum absolute atomic E-state index is 0.138. The average Bonchev–Trinajstić information content (AvgIpc) is 3.26. The molecule has 4 rings (SSSR count). The van der Waals surface area contributed by atoms with Crippen molar-refractivity contribution in [1.82, 2.24) is 4.90 Å². The molecule has 2 fully saturated rings. The Morgan fingerprint density at radius 3 is 2.63 bits per heavy atom. The highest BCUT2D eigenvalue weighted by atomic mass is 19.4. The van der Waals surface area contributed by atoms with Gasteiger partial charge in [-0.3, -0.25) is 4.79 Å². The average molecular weight is 489 g/mol. The van der Waals surface area contributed by atoms with Crippen molar-refractivity contribution in [2.45, 2.75) is 12.6 Å². The molecule has 0 saturated carbocycles. The molecule has 0 aliphatic carbocycles. The summed E-state index contributed by atoms with van der Waals surface area (Å²) < 4.78 is 51.1. The van der Waals surface area contributed by atoms with Crippen LogP contribution in [0.3, 0.4) is 0 Å². The van der Waals surface area contributed by atoms with E-state index in [4.69, 9.17) is 14.7 Å². The zero-order valence-corrected chi connectivity index (χ0v) is 19.4. The Kier molecular flexibility index (Phi) is 6.56. The van der Waals surface area contributed by atoms with E-state index in [9.17, 15) is 23.1 Å². The first-order valence-corrected chi connectivity index (χ1v) is 11.1. The number of aliphatic hydroxyl groups is 1. The number of fused-ring (bicyclic) bond motifs is 1. The molecular weight excluding hydrogens is 463 g/mol. The number of ether oxygens (including phenoxy) is 2. The third kappa shape index (κ3) is 4.36. The number of halogens is 3. The fraction of sp³-hybridized carbons (Fsp3) is 0.440. The zero-order chi connectivity index (χ0) is 25.4. The van der Waals surface area contributed by atoms with Crippen LogP contribution >= 0.6 is 0 Å². The number of carbonyl (C=O) groups is 1. The van der Waals surface area contributed by atoms with E-state index in [0.29, 0.717) is 55.3 Å². The van der Waals surface area contributed by atoms with E-state index in [0.717, 1.165) is 6.07 Å². The quantitative estimate of drug-likeness (QED) is 0.692. The van der Waals surface area contributed by atoms with Gasteiger partial charge in [0.25, 0.3) is 5.91 Å². The fourth-order valence-corrected chi connectivity index (χ4v) is 5.21. The molecule has 0 unspecified atom stereocenters. The van der Waals surface area contributed by atoms with Gasteiger partial charge < -0.3 is 24.4 Å². The lowest BCUT2D eigenvalue weighted by Gasteiger charge is -2.42. The predicted molar refractivity (Wildman–Crippen MR) is 121 cm³/mol. The molecule has 1 amide bonds. The van der Waals surface area contributed by atoms with E-state index < -0.39 is 22.7 Å². The van der Waals surface area contributed by atoms with Crippen molar-refractivity contribution in [3.63, 3.8) is 0 Å². The summed E-state index contributed by atoms with van der Waals surface area (Å²) in [6.07, 6.45) is -4.15. The molecule has 2 saturated heterocycles. The van der Waals surface area contributed by atoms with Gasteiger partial charge in [0, 0.05) is 43.2 Å². The molecule has 10 heteroatoms. The van der Waals surface area contributed by atoms with Crippen LogP contribution in [-0.2, 0) is 6.18 Å². The molecule has 0 radical (unpaired) electrons. The maximum absolute atomic E-state index is 13.5. The first-order chi connectivity index (χ1) is 16.7. The molecule has 2 aliphatic heterocycles. The molecule has 2 aromatic carbocycles. The fourth-order valence-electron chi connectivity index (χ4n) is 5.21. The van der Waals surface area contributed by atoms with Gasteiger partial charge in [0.2, 0.25) is 0 Å². The molecule has 2 atom stereocenters. The summed E-state index contributed by atoms with van der Waals surface area (Å²) in [6.45, 7) is 1.34. The number of nitriles is 1. The highest BCUT2D eigenvalue weighted by Crippen LogP contribution is 2.45. The molecule has 2 heterocycles. The monoisotopic (exact) mass is 489 g/mol. The van der Waals surface area contributed by atoms with Crippen molar-refractivity contribution in [2.75, 3.05) is 51.9 Å². The number of piperidine rings is 1. The summed E-state index contributed by atoms with van der Waals surface area (Å²) in [4.78, 5) is 16.9. The largest absolute Gasteiger partial charge is 0.493 e. The van der Waals surface area contributed by atoms with Crippen LogP contribution in [0.25, 0.3) is 0 Å². The Labute approximate surface area is 201 Å². The van der Waals surface area contributed by atoms with E-state index in [2.05, 4.69) is 0 Å². The van der Waals surface area contributed by atoms with Crippen LogP contribution in [-0.4, -0.2) is 62.9 Å². The lowest BCUT2D eigenvalue weighted by molar-refractivity contribution is -0.137. The van der Waals surface area contributed by atoms with Gasteiger partial charge in [0.15, 0.2) is 11.5 Å². The lowest BCUT2D eigenvalue weighted by Crippen LogP contribution is -2.50. The Morgan fingerprint density at radius 1 is 1.23 bits per heavy atom. The maximum atomic E-state index is 13.5. The zero-order valence-electron chi connectivity index (χ0n) is 19.4. The van der Waals surface area contributed by atoms with Gasteiger partial charge in [-0.05, 0) is 36.8 Å². The molecule has 0 spiro atoms. The lowest BCUT2D eigenvalue weighted by atomic mass is 9.73. The highest BCUT2D eigenvalue weighted by molar-refractivity contribution is 5.98. The number of nitrogens with zero attached hydrogens (tertiary/aromatic N) is 3. The topological polar surface area (TPSA) is 86.0 Å². The van der Waals surface area contributed by atoms with Crippen molar-refractivity contribution < 1.29 is 32.5 Å². The standard InChI is InChI=1S/C25H26F3N3O4/c1-34-21-5-3-4-19(22(21)35-2)23(33)30-9-8-24(15-32)14-31(13-17(24)12-30)18-7-6-16(11-29)20(10-18)25(26,27)28/h3-7,10,17,32H,8-9,12-15H2,1-2H3/t17-,24+/m1/s1. The van der Waals surface area contributed by atoms with E-state index in [-0.39, 0.29) is 18.4 Å². The number of amides is 1. The second-order valence-corrected chi connectivity index (χ2v) is 8.98. The molecule has 186 valence electrons. The van der Waals surface area contributed by atoms with Crippen LogP contribution in [0.15, 0.2) is 36.4 Å². The number of hydrogen-bond acceptors (Lipinski definition) is 6. The number of carbonyl (C=O) groups excluding carboxylic acids is 1. The number of para-hydroxylation sites is 1. The van der Waals surface area contributed by atoms with Crippen LogP contribution < -0.4 is 14.4 Å². The van der Waals surface area contributed by atoms with Crippen molar-refractivity contribution >= 4 is 11.6 Å². The van der Waals surface area contributed by atoms with Crippen molar-refractivity contribution in [1.29, 1.82) is 5.26 Å². The molecule has 35 heavy (non-hydrogen) atoms. The maximum Gasteiger partial charge on any atom is 0.417 e. The van der Waals surface area contributed by atoms with Crippen molar-refractivity contribution in [2.24, 2.45) is 11.3 Å². The summed E-state index contributed by atoms with van der Waals surface area (Å²) in [5.74, 6) is 0.396. The van der Waals surface area contributed by atoms with E-state index in [1.807, 2.05) is 0 Å². The third-order valence-electron chi connectivity index (χ3n) is 7.16. The van der Waals surface area contributed by atoms with Gasteiger partial charge in [0.1, 0.15) is 0 Å². The highest BCUT2D eigenvalue weighted by Gasteiger charge is 2.50. The molecule has 2 aromatic rings. The Bertz CT molecular complexity index is 1160. The summed E-state index contributed by atoms with van der Waals surface area (Å²) >= 11 is 0. The second kappa shape index (κ2) is 9.30. The van der Waals surface area contributed by atoms with Gasteiger partial charge in [-0.2, -0.15) is 18.4 Å². The number of hydrogen-bond donors (Lipinski definition) is 1. The smallest absolute Gasteiger partial charge is 0.417 e. The van der Waals surface area contributed by atoms with Crippen LogP contribution in [0.4, 0.5) is 18.9 Å². The number of methoxy groups -OCH3 is 2. The van der Waals surface area contributed by atoms with Gasteiger partial charge >= 0.3 is 6.18 Å². The third-order valence-corrected chi connectivity index (χ3v) is 7.16. The SMILES string of the molecule is COc1cccc(C(=O)N2CC[C@@]3(CO)CN(c4ccc(C#N)c(C(F)(F)F)c4)C[C@H]3C2)c1OC. The first kappa shape index (κ1) is 24.7. The predicted octanol–water partition coefficient (Wildman–Crippen LogP) is 3.56. The Balaban J connectivity index is 1.59. The normalized spacial score (nSPS) is 21.9. The van der Waals surface area contributed by atoms with Gasteiger partial charge in [-0.1, -0.05) is 6.07 Å². The number of aliphatic hydroxyl groups excluding tert-OH is 1. The van der Waals surface area contributed by atoms with Crippen molar-refractivity contribution in [3.8, 4) is 17.6 Å². The molecule has 0 bridgehead atoms. The van der Waals surface area contributed by atoms with Gasteiger partial charge in [-0.25, -0.2) is 0 Å². The number of anilines is 1. The van der Waals surface area contributed by atoms with Crippen LogP contribution in [0.2, 0.25) is 0 Å². The van der Waals surface area contributed by atoms with Crippen LogP contribution in [0.5, 0.6) is 11.5 Å². The van der Waals surface area contributed by atoms with E-state index in [1.54, 1.807) is 34.1 Å². The summed E-state index contributed by atoms with van der Waals surface area (Å²) in [5, 5.41) is 19.4. The number of benzene rings is 2. The molecule has 2 aliphatic rings. The van der Waals surface area contributed by atoms with Crippen LogP contribution in [0, 0.1) is 22.7 Å². The Morgan fingerprint density at radius 2 is 2.00 bits per heavy atom. The molecule has 1 N–H and O–H groups in total. The minimum atomic E-state index is -4.65. The summed E-state index contributed by atoms with van der Waals surface area (Å²) in [7, 11) is 2.95. The summed E-state index contributed by atoms with van der Waals surface area (Å²) in [6, 6.07) is 10.3. The van der Waals surface area contributed by atoms with E-state index in [1.165, 1.54) is 26.4 Å². The number of rotatable bonds is 5. The molecule has 0 aromatic heterocycles. The molecular formula is C25H26F3N3O4. The summed E-state index contributed by atoms with van der Waals surface area (Å²) in [5.41, 5.74) is -1.25. The van der Waals surface area contributed by atoms with Gasteiger partial charge in [0.05, 0.1) is 43.6 Å².